The van der Waals surface area contributed by atoms with Crippen molar-refractivity contribution in [1.82, 2.24) is 0 Å². The molecule has 7 nitrogen and oxygen atoms in total. The molecule has 0 fully saturated rings. The van der Waals surface area contributed by atoms with Gasteiger partial charge in [-0.2, -0.15) is 11.8 Å². The zero-order chi connectivity index (χ0) is 14.5. The molecular formula is C11H18N4O3S. The zero-order valence-electron chi connectivity index (χ0n) is 10.8. The molecule has 0 aliphatic heterocycles. The molecule has 0 bridgehead atoms. The summed E-state index contributed by atoms with van der Waals surface area (Å²) in [6.45, 7) is 2.00. The molecule has 1 unspecified atom stereocenters. The predicted molar refractivity (Wildman–Crippen MR) is 78.4 cm³/mol. The van der Waals surface area contributed by atoms with Crippen LogP contribution in [0.2, 0.25) is 0 Å². The summed E-state index contributed by atoms with van der Waals surface area (Å²) < 4.78 is 0. The molecule has 0 heterocycles. The minimum Gasteiger partial charge on any atom is -0.387 e. The van der Waals surface area contributed by atoms with Crippen molar-refractivity contribution in [3.05, 3.63) is 28.3 Å². The molecule has 1 aromatic rings. The van der Waals surface area contributed by atoms with Gasteiger partial charge in [0.05, 0.1) is 16.2 Å². The van der Waals surface area contributed by atoms with Gasteiger partial charge in [-0.25, -0.2) is 0 Å². The average molecular weight is 286 g/mol. The van der Waals surface area contributed by atoms with Crippen LogP contribution >= 0.6 is 11.8 Å². The summed E-state index contributed by atoms with van der Waals surface area (Å²) in [7, 11) is 0. The summed E-state index contributed by atoms with van der Waals surface area (Å²) in [4.78, 5) is 10.3. The molecule has 1 atom stereocenters. The van der Waals surface area contributed by atoms with E-state index in [4.69, 9.17) is 5.84 Å². The number of hydrogen-bond donors (Lipinski definition) is 4. The summed E-state index contributed by atoms with van der Waals surface area (Å²) in [6, 6.07) is 4.38. The monoisotopic (exact) mass is 286 g/mol. The molecule has 19 heavy (non-hydrogen) atoms. The summed E-state index contributed by atoms with van der Waals surface area (Å²) in [5.74, 6) is 5.83. The molecule has 0 saturated heterocycles. The van der Waals surface area contributed by atoms with Crippen LogP contribution in [0.4, 0.5) is 17.1 Å². The van der Waals surface area contributed by atoms with Gasteiger partial charge in [0.25, 0.3) is 5.69 Å². The second-order valence-electron chi connectivity index (χ2n) is 4.45. The van der Waals surface area contributed by atoms with Gasteiger partial charge in [0, 0.05) is 30.1 Å². The Balaban J connectivity index is 2.83. The van der Waals surface area contributed by atoms with Gasteiger partial charge in [-0.3, -0.25) is 16.0 Å². The Morgan fingerprint density at radius 2 is 2.11 bits per heavy atom. The first-order chi connectivity index (χ1) is 8.88. The first kappa shape index (κ1) is 15.5. The molecule has 5 N–H and O–H groups in total. The van der Waals surface area contributed by atoms with E-state index in [0.29, 0.717) is 23.7 Å². The smallest absolute Gasteiger partial charge is 0.273 e. The maximum absolute atomic E-state index is 10.8. The lowest BCUT2D eigenvalue weighted by Crippen LogP contribution is -2.36. The van der Waals surface area contributed by atoms with E-state index >= 15 is 0 Å². The van der Waals surface area contributed by atoms with Crippen molar-refractivity contribution in [2.45, 2.75) is 12.5 Å². The minimum absolute atomic E-state index is 0.0672. The van der Waals surface area contributed by atoms with Crippen molar-refractivity contribution in [2.75, 3.05) is 29.3 Å². The number of benzene rings is 1. The van der Waals surface area contributed by atoms with E-state index in [9.17, 15) is 15.2 Å². The van der Waals surface area contributed by atoms with Gasteiger partial charge in [0.15, 0.2) is 0 Å². The number of nitrogens with two attached hydrogens (primary N) is 1. The highest BCUT2D eigenvalue weighted by Crippen LogP contribution is 2.24. The Morgan fingerprint density at radius 3 is 2.63 bits per heavy atom. The van der Waals surface area contributed by atoms with Gasteiger partial charge in [-0.05, 0) is 19.2 Å². The molecule has 1 rings (SSSR count). The summed E-state index contributed by atoms with van der Waals surface area (Å²) >= 11 is 1.53. The third-order valence-electron chi connectivity index (χ3n) is 2.42. The van der Waals surface area contributed by atoms with Crippen molar-refractivity contribution < 1.29 is 10.0 Å². The van der Waals surface area contributed by atoms with Crippen molar-refractivity contribution in [3.8, 4) is 0 Å². The van der Waals surface area contributed by atoms with Crippen molar-refractivity contribution in [1.29, 1.82) is 0 Å². The normalized spacial score (nSPS) is 13.7. The van der Waals surface area contributed by atoms with E-state index in [1.807, 2.05) is 6.26 Å². The molecule has 0 spiro atoms. The fourth-order valence-electron chi connectivity index (χ4n) is 1.56. The lowest BCUT2D eigenvalue weighted by molar-refractivity contribution is -0.384. The van der Waals surface area contributed by atoms with Crippen molar-refractivity contribution in [3.63, 3.8) is 0 Å². The third kappa shape index (κ3) is 4.93. The molecule has 0 aliphatic carbocycles. The number of anilines is 2. The maximum atomic E-state index is 10.8. The second-order valence-corrected chi connectivity index (χ2v) is 5.32. The third-order valence-corrected chi connectivity index (χ3v) is 3.33. The van der Waals surface area contributed by atoms with Crippen LogP contribution in [0.15, 0.2) is 18.2 Å². The summed E-state index contributed by atoms with van der Waals surface area (Å²) in [6.07, 6.45) is 1.90. The van der Waals surface area contributed by atoms with Gasteiger partial charge in [-0.1, -0.05) is 0 Å². The minimum atomic E-state index is -0.889. The fraction of sp³-hybridized carbons (Fsp3) is 0.455. The van der Waals surface area contributed by atoms with E-state index in [-0.39, 0.29) is 5.69 Å². The number of nitro benzene ring substituents is 1. The Hall–Kier alpha value is -1.51. The molecule has 8 heteroatoms. The van der Waals surface area contributed by atoms with E-state index in [0.717, 1.165) is 0 Å². The summed E-state index contributed by atoms with van der Waals surface area (Å²) in [5, 5.41) is 23.8. The number of nitrogens with one attached hydrogen (secondary N) is 2. The van der Waals surface area contributed by atoms with Gasteiger partial charge < -0.3 is 15.8 Å². The van der Waals surface area contributed by atoms with Gasteiger partial charge in [0.1, 0.15) is 0 Å². The lowest BCUT2D eigenvalue weighted by Gasteiger charge is -2.23. The van der Waals surface area contributed by atoms with Crippen LogP contribution in [0.3, 0.4) is 0 Å². The molecule has 1 aromatic carbocycles. The quantitative estimate of drug-likeness (QED) is 0.340. The van der Waals surface area contributed by atoms with Crippen molar-refractivity contribution >= 4 is 28.8 Å². The molecule has 0 aliphatic rings. The van der Waals surface area contributed by atoms with Crippen LogP contribution in [-0.4, -0.2) is 34.2 Å². The van der Waals surface area contributed by atoms with E-state index < -0.39 is 10.5 Å². The van der Waals surface area contributed by atoms with Crippen LogP contribution in [-0.2, 0) is 0 Å². The molecule has 106 valence electrons. The average Bonchev–Trinajstić information content (AvgIpc) is 2.36. The number of hydrogen-bond acceptors (Lipinski definition) is 7. The van der Waals surface area contributed by atoms with Gasteiger partial charge in [-0.15, -0.1) is 0 Å². The predicted octanol–water partition coefficient (Wildman–Crippen LogP) is 1.41. The highest BCUT2D eigenvalue weighted by molar-refractivity contribution is 7.98. The van der Waals surface area contributed by atoms with Crippen LogP contribution in [0, 0.1) is 10.1 Å². The van der Waals surface area contributed by atoms with Crippen LogP contribution in [0.25, 0.3) is 0 Å². The van der Waals surface area contributed by atoms with E-state index in [1.54, 1.807) is 13.0 Å². The number of nitrogens with zero attached hydrogens (tertiary/aromatic N) is 1. The topological polar surface area (TPSA) is 113 Å². The molecular weight excluding hydrogens is 268 g/mol. The van der Waals surface area contributed by atoms with Crippen LogP contribution in [0.5, 0.6) is 0 Å². The molecule has 0 radical (unpaired) electrons. The molecule has 0 amide bonds. The number of rotatable bonds is 7. The largest absolute Gasteiger partial charge is 0.387 e. The Kier molecular flexibility index (Phi) is 5.40. The highest BCUT2D eigenvalue weighted by Gasteiger charge is 2.19. The van der Waals surface area contributed by atoms with E-state index in [1.165, 1.54) is 23.9 Å². The van der Waals surface area contributed by atoms with Crippen LogP contribution in [0.1, 0.15) is 6.92 Å². The standard InChI is InChI=1S/C11H18N4O3S/c1-11(16,7-19-2)6-13-8-3-9(14-12)5-10(4-8)15(17)18/h3-5,13-14,16H,6-7,12H2,1-2H3. The zero-order valence-corrected chi connectivity index (χ0v) is 11.7. The van der Waals surface area contributed by atoms with Gasteiger partial charge in [0.2, 0.25) is 0 Å². The fourth-order valence-corrected chi connectivity index (χ4v) is 2.28. The molecule has 0 saturated carbocycles. The Morgan fingerprint density at radius 1 is 1.47 bits per heavy atom. The molecule has 0 aromatic heterocycles. The van der Waals surface area contributed by atoms with Crippen LogP contribution < -0.4 is 16.6 Å². The summed E-state index contributed by atoms with van der Waals surface area (Å²) in [5.41, 5.74) is 2.38. The Labute approximate surface area is 115 Å². The SMILES string of the molecule is CSCC(C)(O)CNc1cc(NN)cc([N+](=O)[O-])c1. The Bertz CT molecular complexity index is 454. The number of thioether (sulfide) groups is 1. The number of nitrogen functional groups attached to an aromatic ring is 1. The lowest BCUT2D eigenvalue weighted by atomic mass is 10.1. The highest BCUT2D eigenvalue weighted by atomic mass is 32.2. The number of non-ortho nitro benzene ring substituents is 1. The van der Waals surface area contributed by atoms with E-state index in [2.05, 4.69) is 10.7 Å². The van der Waals surface area contributed by atoms with Crippen molar-refractivity contribution in [2.24, 2.45) is 5.84 Å². The number of aliphatic hydroxyl groups is 1. The number of nitro groups is 1. The number of hydrazine groups is 1. The van der Waals surface area contributed by atoms with Gasteiger partial charge >= 0.3 is 0 Å². The first-order valence-electron chi connectivity index (χ1n) is 5.59. The maximum Gasteiger partial charge on any atom is 0.273 e. The second kappa shape index (κ2) is 6.60. The first-order valence-corrected chi connectivity index (χ1v) is 6.98.